The van der Waals surface area contributed by atoms with Crippen LogP contribution in [0.15, 0.2) is 46.7 Å². The van der Waals surface area contributed by atoms with Crippen LogP contribution in [0.25, 0.3) is 0 Å². The summed E-state index contributed by atoms with van der Waals surface area (Å²) in [5, 5.41) is 13.4. The molecule has 4 nitrogen and oxygen atoms in total. The lowest BCUT2D eigenvalue weighted by atomic mass is 10.2. The Morgan fingerprint density at radius 3 is 2.73 bits per heavy atom. The molecule has 1 heterocycles. The summed E-state index contributed by atoms with van der Waals surface area (Å²) in [4.78, 5) is 24.9. The van der Waals surface area contributed by atoms with E-state index in [1.54, 1.807) is 29.2 Å². The molecule has 2 rings (SSSR count). The van der Waals surface area contributed by atoms with Crippen molar-refractivity contribution in [3.8, 4) is 0 Å². The van der Waals surface area contributed by atoms with Gasteiger partial charge in [0, 0.05) is 28.5 Å². The highest BCUT2D eigenvalue weighted by atomic mass is 32.2. The van der Waals surface area contributed by atoms with Crippen LogP contribution in [0.3, 0.4) is 0 Å². The molecule has 0 spiro atoms. The predicted octanol–water partition coefficient (Wildman–Crippen LogP) is 3.64. The van der Waals surface area contributed by atoms with Crippen molar-refractivity contribution in [2.75, 3.05) is 6.54 Å². The molecule has 0 saturated heterocycles. The van der Waals surface area contributed by atoms with Crippen molar-refractivity contribution in [2.45, 2.75) is 23.5 Å². The summed E-state index contributed by atoms with van der Waals surface area (Å²) in [7, 11) is 0. The zero-order valence-corrected chi connectivity index (χ0v) is 13.6. The van der Waals surface area contributed by atoms with E-state index in [2.05, 4.69) is 11.4 Å². The fraction of sp³-hybridized carbons (Fsp3) is 0.250. The molecule has 1 amide bonds. The first-order chi connectivity index (χ1) is 10.7. The van der Waals surface area contributed by atoms with Gasteiger partial charge in [0.2, 0.25) is 0 Å². The van der Waals surface area contributed by atoms with Crippen LogP contribution < -0.4 is 5.32 Å². The van der Waals surface area contributed by atoms with Crippen LogP contribution in [0.4, 0.5) is 0 Å². The molecule has 2 N–H and O–H groups in total. The quantitative estimate of drug-likeness (QED) is 0.571. The summed E-state index contributed by atoms with van der Waals surface area (Å²) in [6, 6.07) is 11.6. The van der Waals surface area contributed by atoms with Gasteiger partial charge in [-0.1, -0.05) is 18.2 Å². The molecular formula is C16H17NO3S2. The highest BCUT2D eigenvalue weighted by Gasteiger charge is 2.11. The highest BCUT2D eigenvalue weighted by Crippen LogP contribution is 2.27. The van der Waals surface area contributed by atoms with Crippen molar-refractivity contribution in [3.63, 3.8) is 0 Å². The normalized spacial score (nSPS) is 10.4. The van der Waals surface area contributed by atoms with E-state index in [0.717, 1.165) is 10.6 Å². The maximum Gasteiger partial charge on any atom is 0.303 e. The van der Waals surface area contributed by atoms with Crippen molar-refractivity contribution < 1.29 is 14.7 Å². The third kappa shape index (κ3) is 5.20. The Labute approximate surface area is 137 Å². The lowest BCUT2D eigenvalue weighted by molar-refractivity contribution is -0.137. The smallest absolute Gasteiger partial charge is 0.303 e. The summed E-state index contributed by atoms with van der Waals surface area (Å²) in [6.07, 6.45) is 0.501. The topological polar surface area (TPSA) is 66.4 Å². The number of aliphatic carboxylic acids is 1. The molecule has 6 heteroatoms. The van der Waals surface area contributed by atoms with E-state index in [4.69, 9.17) is 5.11 Å². The van der Waals surface area contributed by atoms with E-state index in [-0.39, 0.29) is 12.3 Å². The number of carbonyl (C=O) groups is 2. The number of rotatable bonds is 8. The van der Waals surface area contributed by atoms with Gasteiger partial charge in [0.25, 0.3) is 5.91 Å². The predicted molar refractivity (Wildman–Crippen MR) is 89.5 cm³/mol. The van der Waals surface area contributed by atoms with Crippen LogP contribution >= 0.6 is 23.1 Å². The number of hydrogen-bond donors (Lipinski definition) is 2. The molecule has 0 radical (unpaired) electrons. The number of hydrogen-bond acceptors (Lipinski definition) is 4. The summed E-state index contributed by atoms with van der Waals surface area (Å²) < 4.78 is 0. The van der Waals surface area contributed by atoms with Gasteiger partial charge in [-0.15, -0.1) is 23.1 Å². The lowest BCUT2D eigenvalue weighted by Crippen LogP contribution is -2.25. The van der Waals surface area contributed by atoms with E-state index in [1.807, 2.05) is 29.6 Å². The zero-order chi connectivity index (χ0) is 15.8. The van der Waals surface area contributed by atoms with Gasteiger partial charge in [-0.2, -0.15) is 0 Å². The van der Waals surface area contributed by atoms with Gasteiger partial charge in [-0.3, -0.25) is 9.59 Å². The molecule has 116 valence electrons. The van der Waals surface area contributed by atoms with E-state index in [9.17, 15) is 9.59 Å². The molecular weight excluding hydrogens is 318 g/mol. The van der Waals surface area contributed by atoms with Gasteiger partial charge in [0.1, 0.15) is 0 Å². The first-order valence-electron chi connectivity index (χ1n) is 6.91. The summed E-state index contributed by atoms with van der Waals surface area (Å²) in [5.41, 5.74) is 0.638. The van der Waals surface area contributed by atoms with Gasteiger partial charge < -0.3 is 10.4 Å². The van der Waals surface area contributed by atoms with Crippen LogP contribution in [0.2, 0.25) is 0 Å². The van der Waals surface area contributed by atoms with Crippen molar-refractivity contribution >= 4 is 35.0 Å². The number of nitrogens with one attached hydrogen (secondary N) is 1. The molecule has 1 aromatic carbocycles. The van der Waals surface area contributed by atoms with E-state index >= 15 is 0 Å². The van der Waals surface area contributed by atoms with Gasteiger partial charge in [0.15, 0.2) is 0 Å². The Bertz CT molecular complexity index is 626. The minimum absolute atomic E-state index is 0.0645. The van der Waals surface area contributed by atoms with Crippen LogP contribution in [0, 0.1) is 0 Å². The number of amides is 1. The number of carboxylic acid groups (broad SMARTS) is 1. The van der Waals surface area contributed by atoms with Crippen LogP contribution in [0.1, 0.15) is 28.1 Å². The second-order valence-electron chi connectivity index (χ2n) is 4.62. The minimum atomic E-state index is -0.846. The number of benzene rings is 1. The number of thioether (sulfide) groups is 1. The first kappa shape index (κ1) is 16.6. The molecule has 0 atom stereocenters. The third-order valence-electron chi connectivity index (χ3n) is 2.93. The Morgan fingerprint density at radius 1 is 1.18 bits per heavy atom. The average molecular weight is 335 g/mol. The monoisotopic (exact) mass is 335 g/mol. The summed E-state index contributed by atoms with van der Waals surface area (Å²) >= 11 is 3.33. The van der Waals surface area contributed by atoms with E-state index < -0.39 is 5.97 Å². The molecule has 2 aromatic rings. The zero-order valence-electron chi connectivity index (χ0n) is 12.0. The largest absolute Gasteiger partial charge is 0.481 e. The van der Waals surface area contributed by atoms with Crippen molar-refractivity contribution in [1.29, 1.82) is 0 Å². The van der Waals surface area contributed by atoms with Crippen LogP contribution in [-0.2, 0) is 10.5 Å². The van der Waals surface area contributed by atoms with Crippen LogP contribution in [0.5, 0.6) is 0 Å². The standard InChI is InChI=1S/C16H17NO3S2/c18-15(19)8-3-9-17-16(20)13-6-1-2-7-14(13)22-11-12-5-4-10-21-12/h1-2,4-7,10H,3,8-9,11H2,(H,17,20)(H,18,19). The first-order valence-corrected chi connectivity index (χ1v) is 8.77. The van der Waals surface area contributed by atoms with Crippen molar-refractivity contribution in [2.24, 2.45) is 0 Å². The minimum Gasteiger partial charge on any atom is -0.481 e. The Balaban J connectivity index is 1.92. The maximum absolute atomic E-state index is 12.2. The molecule has 22 heavy (non-hydrogen) atoms. The fourth-order valence-electron chi connectivity index (χ4n) is 1.86. The van der Waals surface area contributed by atoms with E-state index in [1.165, 1.54) is 4.88 Å². The van der Waals surface area contributed by atoms with Gasteiger partial charge in [-0.05, 0) is 30.0 Å². The summed E-state index contributed by atoms with van der Waals surface area (Å²) in [6.45, 7) is 0.370. The number of thiophene rings is 1. The average Bonchev–Trinajstić information content (AvgIpc) is 3.03. The number of carbonyl (C=O) groups excluding carboxylic acids is 1. The van der Waals surface area contributed by atoms with Gasteiger partial charge in [0.05, 0.1) is 5.56 Å². The Kier molecular flexibility index (Phi) is 6.48. The Hall–Kier alpha value is -1.79. The van der Waals surface area contributed by atoms with Gasteiger partial charge in [-0.25, -0.2) is 0 Å². The SMILES string of the molecule is O=C(O)CCCNC(=O)c1ccccc1SCc1cccs1. The van der Waals surface area contributed by atoms with Gasteiger partial charge >= 0.3 is 5.97 Å². The highest BCUT2D eigenvalue weighted by molar-refractivity contribution is 7.98. The molecule has 0 aliphatic heterocycles. The van der Waals surface area contributed by atoms with Crippen molar-refractivity contribution in [1.82, 2.24) is 5.32 Å². The Morgan fingerprint density at radius 2 is 2.00 bits per heavy atom. The van der Waals surface area contributed by atoms with E-state index in [0.29, 0.717) is 18.5 Å². The maximum atomic E-state index is 12.2. The second kappa shape index (κ2) is 8.60. The molecule has 0 unspecified atom stereocenters. The second-order valence-corrected chi connectivity index (χ2v) is 6.67. The number of carboxylic acids is 1. The molecule has 0 aliphatic rings. The van der Waals surface area contributed by atoms with Crippen molar-refractivity contribution in [3.05, 3.63) is 52.2 Å². The summed E-state index contributed by atoms with van der Waals surface area (Å²) in [5.74, 6) is -0.165. The fourth-order valence-corrected chi connectivity index (χ4v) is 3.68. The molecule has 1 aromatic heterocycles. The van der Waals surface area contributed by atoms with Crippen LogP contribution in [-0.4, -0.2) is 23.5 Å². The third-order valence-corrected chi connectivity index (χ3v) is 5.12. The lowest BCUT2D eigenvalue weighted by Gasteiger charge is -2.09. The molecule has 0 saturated carbocycles. The molecule has 0 fully saturated rings. The molecule has 0 bridgehead atoms. The molecule has 0 aliphatic carbocycles.